The first kappa shape index (κ1) is 22.4. The summed E-state index contributed by atoms with van der Waals surface area (Å²) in [7, 11) is 0. The predicted octanol–water partition coefficient (Wildman–Crippen LogP) is 4.93. The molecule has 0 spiro atoms. The molecule has 0 atom stereocenters. The molecule has 2 aliphatic rings. The van der Waals surface area contributed by atoms with Gasteiger partial charge < -0.3 is 15.1 Å². The summed E-state index contributed by atoms with van der Waals surface area (Å²) in [4.78, 5) is 29.7. The summed E-state index contributed by atoms with van der Waals surface area (Å²) in [6.07, 6.45) is 9.81. The second-order valence-electron chi connectivity index (χ2n) is 9.44. The first-order valence-corrected chi connectivity index (χ1v) is 12.5. The van der Waals surface area contributed by atoms with Gasteiger partial charge in [0.05, 0.1) is 17.3 Å². The molecule has 3 aromatic rings. The molecule has 7 nitrogen and oxygen atoms in total. The van der Waals surface area contributed by atoms with Crippen LogP contribution in [0.1, 0.15) is 66.4 Å². The van der Waals surface area contributed by atoms with Crippen molar-refractivity contribution in [3.8, 4) is 0 Å². The highest BCUT2D eigenvalue weighted by Gasteiger charge is 2.26. The van der Waals surface area contributed by atoms with Crippen LogP contribution in [0, 0.1) is 0 Å². The number of pyridine rings is 1. The van der Waals surface area contributed by atoms with E-state index in [0.717, 1.165) is 56.4 Å². The Morgan fingerprint density at radius 1 is 0.971 bits per heavy atom. The van der Waals surface area contributed by atoms with E-state index in [1.54, 1.807) is 10.7 Å². The molecule has 1 aromatic carbocycles. The van der Waals surface area contributed by atoms with E-state index in [-0.39, 0.29) is 11.9 Å². The van der Waals surface area contributed by atoms with Crippen molar-refractivity contribution in [3.05, 3.63) is 65.5 Å². The second-order valence-corrected chi connectivity index (χ2v) is 9.44. The van der Waals surface area contributed by atoms with Crippen LogP contribution in [0.3, 0.4) is 0 Å². The molecule has 178 valence electrons. The molecule has 0 unspecified atom stereocenters. The van der Waals surface area contributed by atoms with Gasteiger partial charge in [0, 0.05) is 38.1 Å². The summed E-state index contributed by atoms with van der Waals surface area (Å²) >= 11 is 0. The molecule has 5 rings (SSSR count). The van der Waals surface area contributed by atoms with Gasteiger partial charge in [-0.3, -0.25) is 4.79 Å². The van der Waals surface area contributed by atoms with Crippen LogP contribution < -0.4 is 5.32 Å². The average molecular weight is 460 g/mol. The molecule has 0 bridgehead atoms. The number of piperidine rings is 2. The SMILES string of the molecule is CCc1ccc(NC(=O)N2CCC(c3ccn4ncc(C(=O)N5CCCCC5)c4c3)CC2)cc1. The molecule has 0 aliphatic carbocycles. The van der Waals surface area contributed by atoms with Crippen molar-refractivity contribution < 1.29 is 9.59 Å². The van der Waals surface area contributed by atoms with Crippen LogP contribution in [-0.2, 0) is 6.42 Å². The normalized spacial score (nSPS) is 17.2. The fraction of sp³-hybridized carbons (Fsp3) is 0.444. The Bertz CT molecular complexity index is 1160. The zero-order valence-electron chi connectivity index (χ0n) is 19.9. The Balaban J connectivity index is 1.23. The summed E-state index contributed by atoms with van der Waals surface area (Å²) in [6, 6.07) is 12.2. The Hall–Kier alpha value is -3.35. The number of aryl methyl sites for hydroxylation is 1. The lowest BCUT2D eigenvalue weighted by Crippen LogP contribution is -2.40. The molecule has 34 heavy (non-hydrogen) atoms. The van der Waals surface area contributed by atoms with Gasteiger partial charge in [-0.2, -0.15) is 5.10 Å². The number of benzene rings is 1. The predicted molar refractivity (Wildman–Crippen MR) is 133 cm³/mol. The maximum atomic E-state index is 13.1. The number of hydrogen-bond donors (Lipinski definition) is 1. The largest absolute Gasteiger partial charge is 0.339 e. The monoisotopic (exact) mass is 459 g/mol. The number of hydrogen-bond acceptors (Lipinski definition) is 3. The van der Waals surface area contributed by atoms with E-state index in [2.05, 4.69) is 41.6 Å². The highest BCUT2D eigenvalue weighted by Crippen LogP contribution is 2.30. The quantitative estimate of drug-likeness (QED) is 0.601. The zero-order valence-corrected chi connectivity index (χ0v) is 19.9. The van der Waals surface area contributed by atoms with Crippen LogP contribution in [0.25, 0.3) is 5.52 Å². The minimum Gasteiger partial charge on any atom is -0.339 e. The van der Waals surface area contributed by atoms with Crippen molar-refractivity contribution in [3.63, 3.8) is 0 Å². The fourth-order valence-corrected chi connectivity index (χ4v) is 5.13. The van der Waals surface area contributed by atoms with Crippen LogP contribution in [0.2, 0.25) is 0 Å². The summed E-state index contributed by atoms with van der Waals surface area (Å²) in [6.45, 7) is 5.22. The van der Waals surface area contributed by atoms with Crippen molar-refractivity contribution in [2.45, 2.75) is 51.4 Å². The van der Waals surface area contributed by atoms with E-state index < -0.39 is 0 Å². The smallest absolute Gasteiger partial charge is 0.321 e. The first-order chi connectivity index (χ1) is 16.6. The molecule has 2 aromatic heterocycles. The Morgan fingerprint density at radius 2 is 1.71 bits per heavy atom. The number of fused-ring (bicyclic) bond motifs is 1. The van der Waals surface area contributed by atoms with Gasteiger partial charge >= 0.3 is 6.03 Å². The third-order valence-corrected chi connectivity index (χ3v) is 7.29. The number of aromatic nitrogens is 2. The molecule has 4 heterocycles. The van der Waals surface area contributed by atoms with Crippen molar-refractivity contribution in [2.75, 3.05) is 31.5 Å². The standard InChI is InChI=1S/C27H33N5O2/c1-2-20-6-8-23(9-7-20)29-27(34)31-15-10-21(11-16-31)22-12-17-32-25(18-22)24(19-28-32)26(33)30-13-4-3-5-14-30/h6-9,12,17-19,21H,2-5,10-11,13-16H2,1H3,(H,29,34). The molecule has 2 aliphatic heterocycles. The molecule has 2 fully saturated rings. The van der Waals surface area contributed by atoms with Gasteiger partial charge in [-0.15, -0.1) is 0 Å². The molecule has 0 radical (unpaired) electrons. The Labute approximate surface area is 200 Å². The average Bonchev–Trinajstić information content (AvgIpc) is 3.32. The molecule has 1 N–H and O–H groups in total. The van der Waals surface area contributed by atoms with Gasteiger partial charge in [-0.1, -0.05) is 19.1 Å². The number of carbonyl (C=O) groups is 2. The van der Waals surface area contributed by atoms with Gasteiger partial charge in [0.1, 0.15) is 0 Å². The lowest BCUT2D eigenvalue weighted by molar-refractivity contribution is 0.0726. The summed E-state index contributed by atoms with van der Waals surface area (Å²) < 4.78 is 1.80. The minimum atomic E-state index is -0.0386. The number of nitrogens with one attached hydrogen (secondary N) is 1. The van der Waals surface area contributed by atoms with Crippen molar-refractivity contribution in [2.24, 2.45) is 0 Å². The van der Waals surface area contributed by atoms with Crippen LogP contribution in [0.15, 0.2) is 48.8 Å². The van der Waals surface area contributed by atoms with Crippen LogP contribution in [-0.4, -0.2) is 57.5 Å². The third-order valence-electron chi connectivity index (χ3n) is 7.29. The Morgan fingerprint density at radius 3 is 2.41 bits per heavy atom. The first-order valence-electron chi connectivity index (χ1n) is 12.5. The third kappa shape index (κ3) is 4.65. The van der Waals surface area contributed by atoms with E-state index in [0.29, 0.717) is 24.6 Å². The number of urea groups is 1. The number of rotatable bonds is 4. The van der Waals surface area contributed by atoms with Crippen LogP contribution >= 0.6 is 0 Å². The summed E-state index contributed by atoms with van der Waals surface area (Å²) in [5, 5.41) is 7.44. The van der Waals surface area contributed by atoms with E-state index in [1.165, 1.54) is 17.5 Å². The summed E-state index contributed by atoms with van der Waals surface area (Å²) in [5.41, 5.74) is 4.88. The van der Waals surface area contributed by atoms with Crippen molar-refractivity contribution in [1.82, 2.24) is 19.4 Å². The number of likely N-dealkylation sites (tertiary alicyclic amines) is 2. The number of anilines is 1. The highest BCUT2D eigenvalue weighted by atomic mass is 16.2. The number of carbonyl (C=O) groups excluding carboxylic acids is 2. The molecule has 2 saturated heterocycles. The second kappa shape index (κ2) is 9.87. The molecular formula is C27H33N5O2. The van der Waals surface area contributed by atoms with E-state index in [1.807, 2.05) is 28.1 Å². The van der Waals surface area contributed by atoms with Gasteiger partial charge in [-0.25, -0.2) is 9.31 Å². The number of nitrogens with zero attached hydrogens (tertiary/aromatic N) is 4. The molecule has 3 amide bonds. The van der Waals surface area contributed by atoms with Crippen molar-refractivity contribution in [1.29, 1.82) is 0 Å². The lowest BCUT2D eigenvalue weighted by Gasteiger charge is -2.32. The Kier molecular flexibility index (Phi) is 6.52. The molecule has 0 saturated carbocycles. The van der Waals surface area contributed by atoms with Crippen LogP contribution in [0.4, 0.5) is 10.5 Å². The number of amides is 3. The van der Waals surface area contributed by atoms with E-state index >= 15 is 0 Å². The molecular weight excluding hydrogens is 426 g/mol. The zero-order chi connectivity index (χ0) is 23.5. The van der Waals surface area contributed by atoms with Gasteiger partial charge in [0.15, 0.2) is 0 Å². The van der Waals surface area contributed by atoms with Gasteiger partial charge in [0.2, 0.25) is 0 Å². The van der Waals surface area contributed by atoms with Gasteiger partial charge in [0.25, 0.3) is 5.91 Å². The maximum Gasteiger partial charge on any atom is 0.321 e. The fourth-order valence-electron chi connectivity index (χ4n) is 5.13. The summed E-state index contributed by atoms with van der Waals surface area (Å²) in [5.74, 6) is 0.455. The highest BCUT2D eigenvalue weighted by molar-refractivity contribution is 6.00. The van der Waals surface area contributed by atoms with E-state index in [4.69, 9.17) is 0 Å². The lowest BCUT2D eigenvalue weighted by atomic mass is 9.89. The molecule has 7 heteroatoms. The minimum absolute atomic E-state index is 0.0386. The van der Waals surface area contributed by atoms with E-state index in [9.17, 15) is 9.59 Å². The maximum absolute atomic E-state index is 13.1. The van der Waals surface area contributed by atoms with Crippen molar-refractivity contribution >= 4 is 23.1 Å². The van der Waals surface area contributed by atoms with Crippen LogP contribution in [0.5, 0.6) is 0 Å². The topological polar surface area (TPSA) is 70.0 Å². The van der Waals surface area contributed by atoms with Gasteiger partial charge in [-0.05, 0) is 79.8 Å².